The van der Waals surface area contributed by atoms with Gasteiger partial charge in [-0.25, -0.2) is 0 Å². The molecule has 3 atom stereocenters. The van der Waals surface area contributed by atoms with E-state index in [0.717, 1.165) is 25.9 Å². The molecule has 2 N–H and O–H groups in total. The van der Waals surface area contributed by atoms with E-state index < -0.39 is 0 Å². The second-order valence-corrected chi connectivity index (χ2v) is 6.25. The van der Waals surface area contributed by atoms with E-state index in [4.69, 9.17) is 0 Å². The molecule has 1 amide bonds. The Morgan fingerprint density at radius 2 is 2.00 bits per heavy atom. The first-order chi connectivity index (χ1) is 10.3. The Morgan fingerprint density at radius 1 is 1.14 bits per heavy atom. The summed E-state index contributed by atoms with van der Waals surface area (Å²) in [7, 11) is 0. The normalized spacial score (nSPS) is 27.7. The van der Waals surface area contributed by atoms with E-state index >= 15 is 0 Å². The summed E-state index contributed by atoms with van der Waals surface area (Å²) < 4.78 is 0. The van der Waals surface area contributed by atoms with Crippen molar-refractivity contribution in [1.29, 1.82) is 0 Å². The summed E-state index contributed by atoms with van der Waals surface area (Å²) in [6.07, 6.45) is 2.05. The highest BCUT2D eigenvalue weighted by Gasteiger charge is 2.44. The van der Waals surface area contributed by atoms with Gasteiger partial charge in [0.15, 0.2) is 0 Å². The molecule has 1 aliphatic heterocycles. The Labute approximate surface area is 124 Å². The van der Waals surface area contributed by atoms with Crippen LogP contribution in [-0.2, 0) is 4.79 Å². The fourth-order valence-corrected chi connectivity index (χ4v) is 3.38. The minimum atomic E-state index is 0.173. The van der Waals surface area contributed by atoms with Gasteiger partial charge in [-0.05, 0) is 41.6 Å². The van der Waals surface area contributed by atoms with Crippen LogP contribution in [-0.4, -0.2) is 25.0 Å². The summed E-state index contributed by atoms with van der Waals surface area (Å²) in [4.78, 5) is 12.3. The van der Waals surface area contributed by atoms with Gasteiger partial charge in [-0.1, -0.05) is 42.5 Å². The quantitative estimate of drug-likeness (QED) is 0.906. The van der Waals surface area contributed by atoms with Gasteiger partial charge in [-0.2, -0.15) is 0 Å². The Hall–Kier alpha value is -1.87. The number of benzene rings is 2. The molecule has 1 heterocycles. The minimum absolute atomic E-state index is 0.173. The molecule has 1 aliphatic carbocycles. The van der Waals surface area contributed by atoms with Crippen molar-refractivity contribution >= 4 is 16.7 Å². The molecule has 3 heteroatoms. The van der Waals surface area contributed by atoms with Crippen LogP contribution >= 0.6 is 0 Å². The van der Waals surface area contributed by atoms with Crippen molar-refractivity contribution in [1.82, 2.24) is 10.6 Å². The number of fused-ring (bicyclic) bond motifs is 1. The van der Waals surface area contributed by atoms with E-state index in [0.29, 0.717) is 12.0 Å². The number of hydrogen-bond acceptors (Lipinski definition) is 2. The molecule has 21 heavy (non-hydrogen) atoms. The molecule has 3 nitrogen and oxygen atoms in total. The Kier molecular flexibility index (Phi) is 3.15. The van der Waals surface area contributed by atoms with Gasteiger partial charge in [0.25, 0.3) is 0 Å². The molecule has 4 rings (SSSR count). The number of rotatable bonds is 3. The SMILES string of the molecule is O=C(NC1CCNC1)C1CC1c1ccc2ccccc2c1. The second-order valence-electron chi connectivity index (χ2n) is 6.25. The number of carbonyl (C=O) groups is 1. The van der Waals surface area contributed by atoms with Crippen molar-refractivity contribution in [2.75, 3.05) is 13.1 Å². The molecule has 1 saturated heterocycles. The van der Waals surface area contributed by atoms with E-state index in [-0.39, 0.29) is 11.8 Å². The predicted molar refractivity (Wildman–Crippen MR) is 84.2 cm³/mol. The van der Waals surface area contributed by atoms with Crippen LogP contribution in [0, 0.1) is 5.92 Å². The standard InChI is InChI=1S/C18H20N2O/c21-18(20-15-7-8-19-11-15)17-10-16(17)14-6-5-12-3-1-2-4-13(12)9-14/h1-6,9,15-17,19H,7-8,10-11H2,(H,20,21). The summed E-state index contributed by atoms with van der Waals surface area (Å²) in [5, 5.41) is 8.99. The molecule has 0 radical (unpaired) electrons. The van der Waals surface area contributed by atoms with E-state index in [2.05, 4.69) is 53.1 Å². The smallest absolute Gasteiger partial charge is 0.224 e. The highest BCUT2D eigenvalue weighted by atomic mass is 16.2. The molecule has 1 saturated carbocycles. The third kappa shape index (κ3) is 2.54. The lowest BCUT2D eigenvalue weighted by atomic mass is 10.0. The lowest BCUT2D eigenvalue weighted by Gasteiger charge is -2.11. The third-order valence-corrected chi connectivity index (χ3v) is 4.74. The molecule has 2 aliphatic rings. The van der Waals surface area contributed by atoms with Gasteiger partial charge < -0.3 is 10.6 Å². The molecule has 0 aromatic heterocycles. The van der Waals surface area contributed by atoms with Crippen LogP contribution in [0.15, 0.2) is 42.5 Å². The first-order valence-electron chi connectivity index (χ1n) is 7.81. The van der Waals surface area contributed by atoms with Crippen molar-refractivity contribution in [2.24, 2.45) is 5.92 Å². The van der Waals surface area contributed by atoms with E-state index in [9.17, 15) is 4.79 Å². The van der Waals surface area contributed by atoms with Gasteiger partial charge in [0.05, 0.1) is 0 Å². The highest BCUT2D eigenvalue weighted by molar-refractivity contribution is 5.86. The van der Waals surface area contributed by atoms with Crippen LogP contribution in [0.3, 0.4) is 0 Å². The average Bonchev–Trinajstić information content (AvgIpc) is 3.17. The van der Waals surface area contributed by atoms with Crippen LogP contribution in [0.2, 0.25) is 0 Å². The monoisotopic (exact) mass is 280 g/mol. The van der Waals surface area contributed by atoms with E-state index in [1.807, 2.05) is 0 Å². The Balaban J connectivity index is 1.46. The van der Waals surface area contributed by atoms with Gasteiger partial charge in [0.1, 0.15) is 0 Å². The maximum Gasteiger partial charge on any atom is 0.224 e. The van der Waals surface area contributed by atoms with E-state index in [1.165, 1.54) is 16.3 Å². The molecule has 3 unspecified atom stereocenters. The van der Waals surface area contributed by atoms with Crippen LogP contribution < -0.4 is 10.6 Å². The van der Waals surface area contributed by atoms with Crippen LogP contribution in [0.1, 0.15) is 24.3 Å². The van der Waals surface area contributed by atoms with Crippen LogP contribution in [0.4, 0.5) is 0 Å². The molecule has 108 valence electrons. The van der Waals surface area contributed by atoms with Gasteiger partial charge >= 0.3 is 0 Å². The molecular weight excluding hydrogens is 260 g/mol. The summed E-state index contributed by atoms with van der Waals surface area (Å²) in [6.45, 7) is 1.93. The number of carbonyl (C=O) groups excluding carboxylic acids is 1. The zero-order valence-electron chi connectivity index (χ0n) is 12.0. The molecule has 2 aromatic carbocycles. The zero-order chi connectivity index (χ0) is 14.2. The summed E-state index contributed by atoms with van der Waals surface area (Å²) in [5.41, 5.74) is 1.30. The van der Waals surface area contributed by atoms with Crippen LogP contribution in [0.5, 0.6) is 0 Å². The van der Waals surface area contributed by atoms with Crippen molar-refractivity contribution in [3.63, 3.8) is 0 Å². The average molecular weight is 280 g/mol. The fourth-order valence-electron chi connectivity index (χ4n) is 3.38. The molecular formula is C18H20N2O. The van der Waals surface area contributed by atoms with Gasteiger partial charge in [-0.3, -0.25) is 4.79 Å². The number of hydrogen-bond donors (Lipinski definition) is 2. The minimum Gasteiger partial charge on any atom is -0.352 e. The molecule has 0 spiro atoms. The van der Waals surface area contributed by atoms with Crippen molar-refractivity contribution in [3.05, 3.63) is 48.0 Å². The van der Waals surface area contributed by atoms with Crippen molar-refractivity contribution in [2.45, 2.75) is 24.8 Å². The van der Waals surface area contributed by atoms with Crippen molar-refractivity contribution in [3.8, 4) is 0 Å². The number of nitrogens with one attached hydrogen (secondary N) is 2. The fraction of sp³-hybridized carbons (Fsp3) is 0.389. The zero-order valence-corrected chi connectivity index (χ0v) is 12.0. The third-order valence-electron chi connectivity index (χ3n) is 4.74. The summed E-state index contributed by atoms with van der Waals surface area (Å²) >= 11 is 0. The van der Waals surface area contributed by atoms with Gasteiger partial charge in [0.2, 0.25) is 5.91 Å². The lowest BCUT2D eigenvalue weighted by Crippen LogP contribution is -2.37. The Morgan fingerprint density at radius 3 is 2.81 bits per heavy atom. The summed E-state index contributed by atoms with van der Waals surface area (Å²) in [6, 6.07) is 15.3. The molecule has 2 aromatic rings. The maximum atomic E-state index is 12.3. The molecule has 0 bridgehead atoms. The van der Waals surface area contributed by atoms with Crippen LogP contribution in [0.25, 0.3) is 10.8 Å². The largest absolute Gasteiger partial charge is 0.352 e. The van der Waals surface area contributed by atoms with E-state index in [1.54, 1.807) is 0 Å². The second kappa shape index (κ2) is 5.15. The predicted octanol–water partition coefficient (Wildman–Crippen LogP) is 2.42. The van der Waals surface area contributed by atoms with Crippen molar-refractivity contribution < 1.29 is 4.79 Å². The first kappa shape index (κ1) is 12.8. The summed E-state index contributed by atoms with van der Waals surface area (Å²) in [5.74, 6) is 0.817. The number of amides is 1. The molecule has 2 fully saturated rings. The lowest BCUT2D eigenvalue weighted by molar-refractivity contribution is -0.123. The highest BCUT2D eigenvalue weighted by Crippen LogP contribution is 2.48. The van der Waals surface area contributed by atoms with Gasteiger partial charge in [0, 0.05) is 18.5 Å². The van der Waals surface area contributed by atoms with Gasteiger partial charge in [-0.15, -0.1) is 0 Å². The topological polar surface area (TPSA) is 41.1 Å². The Bertz CT molecular complexity index is 676. The maximum absolute atomic E-state index is 12.3. The first-order valence-corrected chi connectivity index (χ1v) is 7.81.